The number of para-hydroxylation sites is 1. The molecule has 3 aromatic rings. The molecule has 3 aromatic carbocycles. The van der Waals surface area contributed by atoms with Gasteiger partial charge in [-0.05, 0) is 49.4 Å². The average molecular weight is 503 g/mol. The summed E-state index contributed by atoms with van der Waals surface area (Å²) in [6, 6.07) is 20.5. The highest BCUT2D eigenvalue weighted by Gasteiger charge is 2.44. The van der Waals surface area contributed by atoms with Crippen LogP contribution in [0.25, 0.3) is 0 Å². The van der Waals surface area contributed by atoms with E-state index in [1.54, 1.807) is 53.4 Å². The van der Waals surface area contributed by atoms with Crippen molar-refractivity contribution in [1.82, 2.24) is 0 Å². The summed E-state index contributed by atoms with van der Waals surface area (Å²) >= 11 is 7.27. The van der Waals surface area contributed by atoms with E-state index in [0.717, 1.165) is 34.9 Å². The molecule has 4 rings (SSSR count). The molecule has 0 saturated carbocycles. The summed E-state index contributed by atoms with van der Waals surface area (Å²) in [5, 5.41) is -0.136. The van der Waals surface area contributed by atoms with E-state index < -0.39 is 23.6 Å². The van der Waals surface area contributed by atoms with Crippen molar-refractivity contribution < 1.29 is 22.8 Å². The van der Waals surface area contributed by atoms with E-state index in [2.05, 4.69) is 0 Å². The molecule has 9 heteroatoms. The Kier molecular flexibility index (Phi) is 6.72. The van der Waals surface area contributed by atoms with Crippen LogP contribution in [-0.2, 0) is 15.8 Å². The fourth-order valence-electron chi connectivity index (χ4n) is 3.59. The quantitative estimate of drug-likeness (QED) is 0.349. The molecule has 34 heavy (non-hydrogen) atoms. The lowest BCUT2D eigenvalue weighted by molar-refractivity contribution is -0.137. The summed E-state index contributed by atoms with van der Waals surface area (Å²) < 4.78 is 40.1. The maximum atomic E-state index is 13.7. The summed E-state index contributed by atoms with van der Waals surface area (Å²) in [7, 11) is 0. The van der Waals surface area contributed by atoms with E-state index in [4.69, 9.17) is 11.6 Å². The highest BCUT2D eigenvalue weighted by molar-refractivity contribution is 8.04. The number of anilines is 2. The van der Waals surface area contributed by atoms with Crippen molar-refractivity contribution in [2.24, 2.45) is 0 Å². The van der Waals surface area contributed by atoms with Crippen LogP contribution in [0.3, 0.4) is 0 Å². The van der Waals surface area contributed by atoms with Crippen molar-refractivity contribution in [1.29, 1.82) is 0 Å². The van der Waals surface area contributed by atoms with Crippen LogP contribution in [0, 0.1) is 0 Å². The Balaban J connectivity index is 1.86. The number of alkyl halides is 3. The molecule has 0 atom stereocenters. The van der Waals surface area contributed by atoms with Crippen LogP contribution in [0.4, 0.5) is 24.5 Å². The molecule has 0 bridgehead atoms. The largest absolute Gasteiger partial charge is 0.416 e. The fourth-order valence-corrected chi connectivity index (χ4v) is 4.80. The maximum Gasteiger partial charge on any atom is 0.416 e. The number of hydrogen-bond acceptors (Lipinski definition) is 4. The van der Waals surface area contributed by atoms with Gasteiger partial charge >= 0.3 is 6.18 Å². The number of carbonyl (C=O) groups excluding carboxylic acids is 2. The number of imide groups is 1. The summed E-state index contributed by atoms with van der Waals surface area (Å²) in [5.41, 5.74) is -0.560. The van der Waals surface area contributed by atoms with Gasteiger partial charge in [0, 0.05) is 17.1 Å². The summed E-state index contributed by atoms with van der Waals surface area (Å²) in [6.07, 6.45) is -4.66. The lowest BCUT2D eigenvalue weighted by Gasteiger charge is -2.25. The van der Waals surface area contributed by atoms with Gasteiger partial charge < -0.3 is 4.90 Å². The van der Waals surface area contributed by atoms with Gasteiger partial charge in [0.1, 0.15) is 10.6 Å². The Bertz CT molecular complexity index is 1260. The van der Waals surface area contributed by atoms with Crippen LogP contribution in [-0.4, -0.2) is 18.4 Å². The predicted molar refractivity (Wildman–Crippen MR) is 128 cm³/mol. The second kappa shape index (κ2) is 9.56. The van der Waals surface area contributed by atoms with E-state index in [1.807, 2.05) is 19.1 Å². The van der Waals surface area contributed by atoms with Crippen molar-refractivity contribution in [3.63, 3.8) is 0 Å². The van der Waals surface area contributed by atoms with E-state index in [1.165, 1.54) is 0 Å². The van der Waals surface area contributed by atoms with Gasteiger partial charge in [-0.2, -0.15) is 13.2 Å². The first-order chi connectivity index (χ1) is 16.2. The van der Waals surface area contributed by atoms with E-state index in [-0.39, 0.29) is 21.3 Å². The molecule has 0 aliphatic carbocycles. The molecule has 0 unspecified atom stereocenters. The summed E-state index contributed by atoms with van der Waals surface area (Å²) in [5.74, 6) is -1.47. The maximum absolute atomic E-state index is 13.7. The Morgan fingerprint density at radius 2 is 1.53 bits per heavy atom. The topological polar surface area (TPSA) is 40.6 Å². The third kappa shape index (κ3) is 4.56. The van der Waals surface area contributed by atoms with Crippen LogP contribution >= 0.6 is 23.4 Å². The van der Waals surface area contributed by atoms with Gasteiger partial charge in [-0.1, -0.05) is 59.8 Å². The number of rotatable bonds is 6. The molecule has 4 nitrogen and oxygen atoms in total. The lowest BCUT2D eigenvalue weighted by atomic mass is 10.1. The molecule has 0 N–H and O–H groups in total. The fraction of sp³-hybridized carbons (Fsp3) is 0.120. The zero-order valence-corrected chi connectivity index (χ0v) is 19.4. The minimum Gasteiger partial charge on any atom is -0.336 e. The number of likely N-dealkylation sites (N-methyl/N-ethyl adjacent to an activating group) is 1. The van der Waals surface area contributed by atoms with Crippen LogP contribution in [0.2, 0.25) is 5.02 Å². The standard InChI is InChI=1S/C25H18ClF3N2O2S/c1-2-30(17-9-5-3-6-10-17)21-22(34-18-11-7-4-8-12-18)24(33)31(23(21)32)20-15-16(25(27,28)29)13-14-19(20)26/h3-15H,2H2,1H3. The average Bonchev–Trinajstić information content (AvgIpc) is 3.05. The third-order valence-corrected chi connectivity index (χ3v) is 6.55. The van der Waals surface area contributed by atoms with Gasteiger partial charge in [-0.25, -0.2) is 4.90 Å². The second-order valence-corrected chi connectivity index (χ2v) is 8.77. The zero-order chi connectivity index (χ0) is 24.5. The van der Waals surface area contributed by atoms with Crippen molar-refractivity contribution in [3.8, 4) is 0 Å². The molecule has 0 radical (unpaired) electrons. The Labute approximate surface area is 203 Å². The van der Waals surface area contributed by atoms with Gasteiger partial charge in [0.05, 0.1) is 16.3 Å². The number of thioether (sulfide) groups is 1. The normalized spacial score (nSPS) is 14.2. The molecule has 0 fully saturated rings. The number of benzene rings is 3. The molecule has 0 spiro atoms. The zero-order valence-electron chi connectivity index (χ0n) is 17.8. The van der Waals surface area contributed by atoms with Gasteiger partial charge in [-0.15, -0.1) is 0 Å². The molecule has 0 saturated heterocycles. The third-order valence-electron chi connectivity index (χ3n) is 5.15. The van der Waals surface area contributed by atoms with Gasteiger partial charge in [0.2, 0.25) is 0 Å². The van der Waals surface area contributed by atoms with Crippen LogP contribution in [0.1, 0.15) is 12.5 Å². The SMILES string of the molecule is CCN(C1=C(Sc2ccccc2)C(=O)N(c2cc(C(F)(F)F)ccc2Cl)C1=O)c1ccccc1. The van der Waals surface area contributed by atoms with Crippen LogP contribution < -0.4 is 9.80 Å². The highest BCUT2D eigenvalue weighted by Crippen LogP contribution is 2.43. The monoisotopic (exact) mass is 502 g/mol. The van der Waals surface area contributed by atoms with E-state index >= 15 is 0 Å². The first-order valence-corrected chi connectivity index (χ1v) is 11.5. The van der Waals surface area contributed by atoms with Crippen molar-refractivity contribution in [3.05, 3.63) is 100 Å². The number of carbonyl (C=O) groups is 2. The molecule has 1 heterocycles. The van der Waals surface area contributed by atoms with Crippen LogP contribution in [0.5, 0.6) is 0 Å². The van der Waals surface area contributed by atoms with Crippen molar-refractivity contribution >= 4 is 46.6 Å². The van der Waals surface area contributed by atoms with Gasteiger partial charge in [0.25, 0.3) is 11.8 Å². The molecule has 0 aromatic heterocycles. The number of halogens is 4. The molecule has 1 aliphatic rings. The highest BCUT2D eigenvalue weighted by atomic mass is 35.5. The second-order valence-electron chi connectivity index (χ2n) is 7.28. The number of amides is 2. The molecular weight excluding hydrogens is 485 g/mol. The Hall–Kier alpha value is -3.23. The summed E-state index contributed by atoms with van der Waals surface area (Å²) in [6.45, 7) is 2.17. The Morgan fingerprint density at radius 3 is 2.12 bits per heavy atom. The van der Waals surface area contributed by atoms with Crippen molar-refractivity contribution in [2.75, 3.05) is 16.3 Å². The van der Waals surface area contributed by atoms with E-state index in [9.17, 15) is 22.8 Å². The minimum absolute atomic E-state index is 0.0843. The smallest absolute Gasteiger partial charge is 0.336 e. The van der Waals surface area contributed by atoms with Gasteiger partial charge in [-0.3, -0.25) is 9.59 Å². The first-order valence-electron chi connectivity index (χ1n) is 10.3. The first kappa shape index (κ1) is 23.9. The summed E-state index contributed by atoms with van der Waals surface area (Å²) in [4.78, 5) is 30.4. The Morgan fingerprint density at radius 1 is 0.912 bits per heavy atom. The number of nitrogens with zero attached hydrogens (tertiary/aromatic N) is 2. The molecule has 2 amide bonds. The van der Waals surface area contributed by atoms with Crippen molar-refractivity contribution in [2.45, 2.75) is 18.0 Å². The molecule has 174 valence electrons. The van der Waals surface area contributed by atoms with E-state index in [0.29, 0.717) is 17.1 Å². The molecule has 1 aliphatic heterocycles. The van der Waals surface area contributed by atoms with Gasteiger partial charge in [0.15, 0.2) is 0 Å². The predicted octanol–water partition coefficient (Wildman–Crippen LogP) is 6.76. The number of hydrogen-bond donors (Lipinski definition) is 0. The lowest BCUT2D eigenvalue weighted by Crippen LogP contribution is -2.35. The molecular formula is C25H18ClF3N2O2S. The van der Waals surface area contributed by atoms with Crippen LogP contribution in [0.15, 0.2) is 94.4 Å². The minimum atomic E-state index is -4.66.